The molecule has 0 radical (unpaired) electrons. The molecule has 0 unspecified atom stereocenters. The highest BCUT2D eigenvalue weighted by Gasteiger charge is 2.29. The van der Waals surface area contributed by atoms with E-state index in [2.05, 4.69) is 23.8 Å². The molecule has 0 aromatic heterocycles. The van der Waals surface area contributed by atoms with Crippen LogP contribution in [0.5, 0.6) is 0 Å². The summed E-state index contributed by atoms with van der Waals surface area (Å²) in [7, 11) is 0. The molecule has 0 spiro atoms. The SMILES string of the molecule is CCC[C@](C)(CCCCCN=C=O)[C@H](C)N=C=O. The van der Waals surface area contributed by atoms with Gasteiger partial charge in [0, 0.05) is 0 Å². The Morgan fingerprint density at radius 3 is 2.39 bits per heavy atom. The van der Waals surface area contributed by atoms with Crippen LogP contribution in [0.3, 0.4) is 0 Å². The first-order valence-electron chi connectivity index (χ1n) is 6.71. The van der Waals surface area contributed by atoms with Crippen molar-refractivity contribution in [2.24, 2.45) is 15.4 Å². The smallest absolute Gasteiger partial charge is 0.211 e. The molecule has 4 heteroatoms. The molecule has 0 aliphatic rings. The number of aliphatic imine (C=N–C) groups is 2. The molecule has 2 atom stereocenters. The Bertz CT molecular complexity index is 318. The van der Waals surface area contributed by atoms with Crippen LogP contribution in [0.25, 0.3) is 0 Å². The molecule has 0 aliphatic heterocycles. The summed E-state index contributed by atoms with van der Waals surface area (Å²) >= 11 is 0. The largest absolute Gasteiger partial charge is 0.235 e. The maximum absolute atomic E-state index is 10.4. The normalized spacial score (nSPS) is 15.1. The van der Waals surface area contributed by atoms with Gasteiger partial charge in [0.25, 0.3) is 0 Å². The molecule has 0 amide bonds. The van der Waals surface area contributed by atoms with E-state index in [1.165, 1.54) is 0 Å². The summed E-state index contributed by atoms with van der Waals surface area (Å²) in [6.07, 6.45) is 9.44. The Morgan fingerprint density at radius 1 is 1.11 bits per heavy atom. The summed E-state index contributed by atoms with van der Waals surface area (Å²) in [6, 6.07) is 0.0166. The Labute approximate surface area is 110 Å². The molecule has 0 heterocycles. The number of hydrogen-bond acceptors (Lipinski definition) is 4. The quantitative estimate of drug-likeness (QED) is 0.340. The summed E-state index contributed by atoms with van der Waals surface area (Å²) in [5.74, 6) is 0. The van der Waals surface area contributed by atoms with E-state index in [1.54, 1.807) is 12.2 Å². The highest BCUT2D eigenvalue weighted by Crippen LogP contribution is 2.35. The van der Waals surface area contributed by atoms with Crippen LogP contribution in [0.2, 0.25) is 0 Å². The van der Waals surface area contributed by atoms with Gasteiger partial charge in [0.1, 0.15) is 0 Å². The van der Waals surface area contributed by atoms with Crippen molar-refractivity contribution in [3.05, 3.63) is 0 Å². The molecule has 0 saturated heterocycles. The van der Waals surface area contributed by atoms with E-state index in [4.69, 9.17) is 0 Å². The zero-order valence-electron chi connectivity index (χ0n) is 11.7. The zero-order valence-corrected chi connectivity index (χ0v) is 11.7. The number of unbranched alkanes of at least 4 members (excludes halogenated alkanes) is 2. The van der Waals surface area contributed by atoms with E-state index >= 15 is 0 Å². The van der Waals surface area contributed by atoms with Crippen LogP contribution >= 0.6 is 0 Å². The predicted molar refractivity (Wildman–Crippen MR) is 72.1 cm³/mol. The van der Waals surface area contributed by atoms with Gasteiger partial charge >= 0.3 is 0 Å². The standard InChI is InChI=1S/C14H24N2O2/c1-4-8-14(3,13(2)16-12-18)9-6-5-7-10-15-11-17/h13H,4-10H2,1-3H3/t13-,14+/m0/s1. The van der Waals surface area contributed by atoms with E-state index < -0.39 is 0 Å². The maximum Gasteiger partial charge on any atom is 0.235 e. The third kappa shape index (κ3) is 6.48. The number of rotatable bonds is 10. The van der Waals surface area contributed by atoms with E-state index in [0.717, 1.165) is 38.5 Å². The molecular weight excluding hydrogens is 228 g/mol. The number of carbonyl (C=O) groups excluding carboxylic acids is 2. The summed E-state index contributed by atoms with van der Waals surface area (Å²) in [5, 5.41) is 0. The van der Waals surface area contributed by atoms with Crippen LogP contribution in [0.1, 0.15) is 59.3 Å². The molecule has 18 heavy (non-hydrogen) atoms. The number of isocyanates is 2. The molecule has 0 aliphatic carbocycles. The van der Waals surface area contributed by atoms with Gasteiger partial charge in [-0.05, 0) is 31.6 Å². The fraction of sp³-hybridized carbons (Fsp3) is 0.857. The summed E-state index contributed by atoms with van der Waals surface area (Å²) in [4.78, 5) is 27.7. The number of nitrogens with zero attached hydrogens (tertiary/aromatic N) is 2. The molecule has 0 aromatic rings. The molecule has 0 saturated carbocycles. The Hall–Kier alpha value is -1.24. The van der Waals surface area contributed by atoms with Crippen LogP contribution in [0, 0.1) is 5.41 Å². The lowest BCUT2D eigenvalue weighted by Gasteiger charge is -2.32. The molecule has 4 nitrogen and oxygen atoms in total. The van der Waals surface area contributed by atoms with Crippen molar-refractivity contribution in [2.45, 2.75) is 65.3 Å². The van der Waals surface area contributed by atoms with Crippen molar-refractivity contribution in [2.75, 3.05) is 6.54 Å². The van der Waals surface area contributed by atoms with Crippen molar-refractivity contribution in [1.82, 2.24) is 0 Å². The van der Waals surface area contributed by atoms with Gasteiger partial charge in [-0.25, -0.2) is 19.6 Å². The summed E-state index contributed by atoms with van der Waals surface area (Å²) in [6.45, 7) is 6.88. The van der Waals surface area contributed by atoms with Crippen LogP contribution in [-0.2, 0) is 9.59 Å². The minimum atomic E-state index is 0.0166. The third-order valence-corrected chi connectivity index (χ3v) is 3.66. The van der Waals surface area contributed by atoms with Crippen molar-refractivity contribution >= 4 is 12.2 Å². The van der Waals surface area contributed by atoms with Crippen LogP contribution in [0.15, 0.2) is 9.98 Å². The van der Waals surface area contributed by atoms with E-state index in [9.17, 15) is 9.59 Å². The van der Waals surface area contributed by atoms with E-state index in [1.807, 2.05) is 6.92 Å². The molecule has 0 N–H and O–H groups in total. The minimum absolute atomic E-state index is 0.0166. The second kappa shape index (κ2) is 9.76. The Morgan fingerprint density at radius 2 is 1.83 bits per heavy atom. The molecule has 0 aromatic carbocycles. The van der Waals surface area contributed by atoms with Gasteiger partial charge in [0.2, 0.25) is 12.2 Å². The van der Waals surface area contributed by atoms with Gasteiger partial charge in [-0.1, -0.05) is 33.1 Å². The van der Waals surface area contributed by atoms with Crippen molar-refractivity contribution < 1.29 is 9.59 Å². The monoisotopic (exact) mass is 252 g/mol. The van der Waals surface area contributed by atoms with Crippen molar-refractivity contribution in [3.63, 3.8) is 0 Å². The highest BCUT2D eigenvalue weighted by molar-refractivity contribution is 5.33. The van der Waals surface area contributed by atoms with Crippen molar-refractivity contribution in [1.29, 1.82) is 0 Å². The van der Waals surface area contributed by atoms with Gasteiger partial charge < -0.3 is 0 Å². The van der Waals surface area contributed by atoms with E-state index in [0.29, 0.717) is 6.54 Å². The average Bonchev–Trinajstić information content (AvgIpc) is 2.34. The third-order valence-electron chi connectivity index (χ3n) is 3.66. The molecule has 0 rings (SSSR count). The number of hydrogen-bond donors (Lipinski definition) is 0. The Balaban J connectivity index is 4.17. The molecular formula is C14H24N2O2. The summed E-state index contributed by atoms with van der Waals surface area (Å²) in [5.41, 5.74) is 0.0695. The zero-order chi connectivity index (χ0) is 13.9. The first-order valence-corrected chi connectivity index (χ1v) is 6.71. The lowest BCUT2D eigenvalue weighted by Crippen LogP contribution is -2.28. The van der Waals surface area contributed by atoms with Crippen LogP contribution in [-0.4, -0.2) is 24.7 Å². The van der Waals surface area contributed by atoms with Gasteiger partial charge in [0.05, 0.1) is 12.6 Å². The topological polar surface area (TPSA) is 58.9 Å². The first-order chi connectivity index (χ1) is 8.60. The molecule has 0 bridgehead atoms. The summed E-state index contributed by atoms with van der Waals surface area (Å²) < 4.78 is 0. The maximum atomic E-state index is 10.4. The predicted octanol–water partition coefficient (Wildman–Crippen LogP) is 3.41. The molecule has 102 valence electrons. The highest BCUT2D eigenvalue weighted by atomic mass is 16.1. The van der Waals surface area contributed by atoms with Crippen LogP contribution < -0.4 is 0 Å². The first kappa shape index (κ1) is 16.8. The van der Waals surface area contributed by atoms with Gasteiger partial charge in [-0.3, -0.25) is 0 Å². The van der Waals surface area contributed by atoms with Crippen LogP contribution in [0.4, 0.5) is 0 Å². The average molecular weight is 252 g/mol. The van der Waals surface area contributed by atoms with Gasteiger partial charge in [-0.2, -0.15) is 0 Å². The lowest BCUT2D eigenvalue weighted by molar-refractivity contribution is 0.215. The Kier molecular flexibility index (Phi) is 9.08. The second-order valence-corrected chi connectivity index (χ2v) is 5.08. The van der Waals surface area contributed by atoms with Crippen molar-refractivity contribution in [3.8, 4) is 0 Å². The fourth-order valence-electron chi connectivity index (χ4n) is 2.29. The molecule has 0 fully saturated rings. The van der Waals surface area contributed by atoms with E-state index in [-0.39, 0.29) is 11.5 Å². The fourth-order valence-corrected chi connectivity index (χ4v) is 2.29. The van der Waals surface area contributed by atoms with Gasteiger partial charge in [0.15, 0.2) is 0 Å². The lowest BCUT2D eigenvalue weighted by atomic mass is 9.75. The van der Waals surface area contributed by atoms with Gasteiger partial charge in [-0.15, -0.1) is 0 Å². The second-order valence-electron chi connectivity index (χ2n) is 5.08. The minimum Gasteiger partial charge on any atom is -0.211 e.